The van der Waals surface area contributed by atoms with Gasteiger partial charge in [-0.15, -0.1) is 12.4 Å². The topological polar surface area (TPSA) is 68.0 Å². The maximum Gasteiger partial charge on any atom is 0.239 e. The Morgan fingerprint density at radius 3 is 2.50 bits per heavy atom. The summed E-state index contributed by atoms with van der Waals surface area (Å²) in [6.07, 6.45) is 0.925. The highest BCUT2D eigenvalue weighted by molar-refractivity contribution is 5.85. The largest absolute Gasteiger partial charge is 0.497 e. The Hall–Kier alpha value is -1.50. The number of carbonyl (C=O) groups is 1. The summed E-state index contributed by atoms with van der Waals surface area (Å²) in [5, 5.41) is 0. The Morgan fingerprint density at radius 1 is 1.23 bits per heavy atom. The minimum Gasteiger partial charge on any atom is -0.497 e. The maximum atomic E-state index is 12.4. The van der Waals surface area contributed by atoms with Crippen molar-refractivity contribution in [2.24, 2.45) is 11.7 Å². The summed E-state index contributed by atoms with van der Waals surface area (Å²) in [4.78, 5) is 16.6. The molecular weight excluding hydrogens is 354 g/mol. The minimum absolute atomic E-state index is 0. The van der Waals surface area contributed by atoms with Gasteiger partial charge in [0.15, 0.2) is 0 Å². The van der Waals surface area contributed by atoms with Crippen molar-refractivity contribution in [1.29, 1.82) is 0 Å². The van der Waals surface area contributed by atoms with Crippen LogP contribution in [0, 0.1) is 5.92 Å². The second-order valence-corrected chi connectivity index (χ2v) is 6.61. The quantitative estimate of drug-likeness (QED) is 0.741. The molecule has 0 aromatic heterocycles. The molecule has 0 radical (unpaired) electrons. The number of rotatable bonds is 8. The average molecular weight is 386 g/mol. The van der Waals surface area contributed by atoms with Crippen molar-refractivity contribution < 1.29 is 14.3 Å². The van der Waals surface area contributed by atoms with Crippen LogP contribution < -0.4 is 15.2 Å². The molecule has 1 saturated heterocycles. The average Bonchev–Trinajstić information content (AvgIpc) is 2.67. The normalized spacial score (nSPS) is 17.2. The molecule has 6 nitrogen and oxygen atoms in total. The van der Waals surface area contributed by atoms with Gasteiger partial charge in [-0.2, -0.15) is 0 Å². The molecule has 1 aromatic rings. The van der Waals surface area contributed by atoms with Crippen molar-refractivity contribution in [1.82, 2.24) is 9.80 Å². The lowest BCUT2D eigenvalue weighted by molar-refractivity contribution is -0.135. The third-order valence-corrected chi connectivity index (χ3v) is 4.94. The number of piperazine rings is 1. The first kappa shape index (κ1) is 22.5. The Labute approximate surface area is 163 Å². The third kappa shape index (κ3) is 6.34. The Bertz CT molecular complexity index is 551. The fourth-order valence-corrected chi connectivity index (χ4v) is 2.88. The minimum atomic E-state index is -0.382. The Kier molecular flexibility index (Phi) is 9.76. The highest BCUT2D eigenvalue weighted by Crippen LogP contribution is 2.18. The van der Waals surface area contributed by atoms with E-state index in [0.29, 0.717) is 6.61 Å². The van der Waals surface area contributed by atoms with E-state index in [4.69, 9.17) is 15.2 Å². The lowest BCUT2D eigenvalue weighted by atomic mass is 9.98. The number of nitrogens with zero attached hydrogens (tertiary/aromatic N) is 2. The third-order valence-electron chi connectivity index (χ3n) is 4.94. The molecular formula is C19H32ClN3O3. The summed E-state index contributed by atoms with van der Waals surface area (Å²) in [6, 6.07) is 7.24. The van der Waals surface area contributed by atoms with Gasteiger partial charge in [0, 0.05) is 38.8 Å². The fraction of sp³-hybridized carbons (Fsp3) is 0.632. The van der Waals surface area contributed by atoms with Gasteiger partial charge in [-0.25, -0.2) is 0 Å². The molecule has 1 heterocycles. The van der Waals surface area contributed by atoms with Crippen molar-refractivity contribution in [3.05, 3.63) is 24.3 Å². The van der Waals surface area contributed by atoms with Crippen LogP contribution >= 0.6 is 12.4 Å². The van der Waals surface area contributed by atoms with Crippen LogP contribution in [0.15, 0.2) is 24.3 Å². The zero-order chi connectivity index (χ0) is 18.2. The number of amides is 1. The highest BCUT2D eigenvalue weighted by Gasteiger charge is 2.27. The zero-order valence-electron chi connectivity index (χ0n) is 16.0. The van der Waals surface area contributed by atoms with Gasteiger partial charge in [0.1, 0.15) is 18.1 Å². The molecule has 2 atom stereocenters. The van der Waals surface area contributed by atoms with Crippen LogP contribution in [0.3, 0.4) is 0 Å². The smallest absolute Gasteiger partial charge is 0.239 e. The van der Waals surface area contributed by atoms with Crippen LogP contribution in [-0.4, -0.2) is 68.2 Å². The predicted molar refractivity (Wildman–Crippen MR) is 106 cm³/mol. The van der Waals surface area contributed by atoms with Gasteiger partial charge in [0.25, 0.3) is 0 Å². The van der Waals surface area contributed by atoms with E-state index in [0.717, 1.165) is 50.6 Å². The molecule has 0 aliphatic carbocycles. The van der Waals surface area contributed by atoms with E-state index >= 15 is 0 Å². The van der Waals surface area contributed by atoms with Crippen molar-refractivity contribution in [3.8, 4) is 11.5 Å². The first-order valence-corrected chi connectivity index (χ1v) is 9.08. The van der Waals surface area contributed by atoms with E-state index in [9.17, 15) is 4.79 Å². The van der Waals surface area contributed by atoms with E-state index in [1.54, 1.807) is 7.11 Å². The van der Waals surface area contributed by atoms with Crippen molar-refractivity contribution >= 4 is 18.3 Å². The first-order chi connectivity index (χ1) is 12.0. The molecule has 1 amide bonds. The van der Waals surface area contributed by atoms with Gasteiger partial charge in [-0.1, -0.05) is 26.3 Å². The molecule has 2 N–H and O–H groups in total. The summed E-state index contributed by atoms with van der Waals surface area (Å²) in [5.74, 6) is 1.92. The molecule has 0 bridgehead atoms. The van der Waals surface area contributed by atoms with E-state index in [2.05, 4.69) is 11.8 Å². The Balaban J connectivity index is 0.00000338. The van der Waals surface area contributed by atoms with E-state index in [1.165, 1.54) is 0 Å². The molecule has 1 aliphatic heterocycles. The number of halogens is 1. The van der Waals surface area contributed by atoms with Gasteiger partial charge in [-0.3, -0.25) is 9.69 Å². The molecule has 148 valence electrons. The standard InChI is InChI=1S/C19H31N3O3.ClH/c1-4-15(2)18(20)19(23)22-10-8-21(9-11-22)12-13-25-17-7-5-6-16(14-17)24-3;/h5-7,14-15,18H,4,8-13,20H2,1-3H3;1H. The zero-order valence-corrected chi connectivity index (χ0v) is 16.8. The van der Waals surface area contributed by atoms with Crippen LogP contribution in [-0.2, 0) is 4.79 Å². The predicted octanol–water partition coefficient (Wildman–Crippen LogP) is 2.01. The lowest BCUT2D eigenvalue weighted by Gasteiger charge is -2.36. The highest BCUT2D eigenvalue weighted by atomic mass is 35.5. The second-order valence-electron chi connectivity index (χ2n) is 6.61. The van der Waals surface area contributed by atoms with E-state index in [-0.39, 0.29) is 30.3 Å². The van der Waals surface area contributed by atoms with Crippen LogP contribution in [0.5, 0.6) is 11.5 Å². The molecule has 0 saturated carbocycles. The lowest BCUT2D eigenvalue weighted by Crippen LogP contribution is -2.54. The summed E-state index contributed by atoms with van der Waals surface area (Å²) in [6.45, 7) is 8.77. The number of hydrogen-bond donors (Lipinski definition) is 1. The number of methoxy groups -OCH3 is 1. The van der Waals surface area contributed by atoms with Crippen LogP contribution in [0.2, 0.25) is 0 Å². The number of ether oxygens (including phenoxy) is 2. The molecule has 2 rings (SSSR count). The summed E-state index contributed by atoms with van der Waals surface area (Å²) in [7, 11) is 1.65. The molecule has 26 heavy (non-hydrogen) atoms. The van der Waals surface area contributed by atoms with Gasteiger partial charge in [-0.05, 0) is 18.1 Å². The van der Waals surface area contributed by atoms with Crippen molar-refractivity contribution in [2.45, 2.75) is 26.3 Å². The van der Waals surface area contributed by atoms with Gasteiger partial charge in [0.2, 0.25) is 5.91 Å². The molecule has 1 aliphatic rings. The number of benzene rings is 1. The van der Waals surface area contributed by atoms with Crippen molar-refractivity contribution in [2.75, 3.05) is 46.4 Å². The van der Waals surface area contributed by atoms with Gasteiger partial charge < -0.3 is 20.1 Å². The fourth-order valence-electron chi connectivity index (χ4n) is 2.88. The summed E-state index contributed by atoms with van der Waals surface area (Å²) < 4.78 is 11.0. The molecule has 1 aromatic carbocycles. The molecule has 0 spiro atoms. The van der Waals surface area contributed by atoms with Gasteiger partial charge in [0.05, 0.1) is 13.2 Å². The monoisotopic (exact) mass is 385 g/mol. The number of nitrogens with two attached hydrogens (primary N) is 1. The number of hydrogen-bond acceptors (Lipinski definition) is 5. The van der Waals surface area contributed by atoms with Gasteiger partial charge >= 0.3 is 0 Å². The second kappa shape index (κ2) is 11.3. The first-order valence-electron chi connectivity index (χ1n) is 9.08. The van der Waals surface area contributed by atoms with Crippen LogP contribution in [0.25, 0.3) is 0 Å². The van der Waals surface area contributed by atoms with Crippen LogP contribution in [0.1, 0.15) is 20.3 Å². The summed E-state index contributed by atoms with van der Waals surface area (Å²) >= 11 is 0. The molecule has 2 unspecified atom stereocenters. The summed E-state index contributed by atoms with van der Waals surface area (Å²) in [5.41, 5.74) is 6.07. The van der Waals surface area contributed by atoms with E-state index < -0.39 is 0 Å². The maximum absolute atomic E-state index is 12.4. The van der Waals surface area contributed by atoms with Crippen molar-refractivity contribution in [3.63, 3.8) is 0 Å². The Morgan fingerprint density at radius 2 is 1.88 bits per heavy atom. The molecule has 1 fully saturated rings. The molecule has 7 heteroatoms. The SMILES string of the molecule is CCC(C)C(N)C(=O)N1CCN(CCOc2cccc(OC)c2)CC1.Cl. The number of carbonyl (C=O) groups excluding carboxylic acids is 1. The van der Waals surface area contributed by atoms with E-state index in [1.807, 2.05) is 36.1 Å². The van der Waals surface area contributed by atoms with Crippen LogP contribution in [0.4, 0.5) is 0 Å².